The zero-order valence-electron chi connectivity index (χ0n) is 19.9. The van der Waals surface area contributed by atoms with Gasteiger partial charge in [0.15, 0.2) is 17.1 Å². The fourth-order valence-corrected chi connectivity index (χ4v) is 4.83. The van der Waals surface area contributed by atoms with Crippen molar-refractivity contribution in [3.63, 3.8) is 0 Å². The Morgan fingerprint density at radius 2 is 1.97 bits per heavy atom. The van der Waals surface area contributed by atoms with Crippen LogP contribution in [0.3, 0.4) is 0 Å². The quantitative estimate of drug-likeness (QED) is 0.439. The molecule has 0 N–H and O–H groups in total. The SMILES string of the molecule is CCC(C)c1nc2cc(-c3ccc4ncc(N5CC(N6CCOCC6C)C5)nc4n3)ccc2o1. The van der Waals surface area contributed by atoms with Crippen LogP contribution in [0.25, 0.3) is 33.5 Å². The molecule has 0 saturated carbocycles. The van der Waals surface area contributed by atoms with Crippen molar-refractivity contribution in [2.45, 2.75) is 45.2 Å². The van der Waals surface area contributed by atoms with Crippen LogP contribution in [0, 0.1) is 0 Å². The molecule has 0 bridgehead atoms. The van der Waals surface area contributed by atoms with Gasteiger partial charge in [-0.2, -0.15) is 0 Å². The molecule has 0 aliphatic carbocycles. The molecular weight excluding hydrogens is 428 g/mol. The molecule has 34 heavy (non-hydrogen) atoms. The number of anilines is 1. The summed E-state index contributed by atoms with van der Waals surface area (Å²) < 4.78 is 11.5. The van der Waals surface area contributed by atoms with Crippen LogP contribution in [0.15, 0.2) is 40.9 Å². The van der Waals surface area contributed by atoms with Crippen LogP contribution in [-0.4, -0.2) is 69.8 Å². The van der Waals surface area contributed by atoms with Crippen LogP contribution >= 0.6 is 0 Å². The largest absolute Gasteiger partial charge is 0.440 e. The normalized spacial score (nSPS) is 20.7. The molecule has 8 heteroatoms. The van der Waals surface area contributed by atoms with Gasteiger partial charge in [-0.25, -0.2) is 19.9 Å². The number of benzene rings is 1. The van der Waals surface area contributed by atoms with Gasteiger partial charge in [-0.05, 0) is 43.7 Å². The van der Waals surface area contributed by atoms with Gasteiger partial charge in [0.2, 0.25) is 0 Å². The number of hydrogen-bond acceptors (Lipinski definition) is 8. The van der Waals surface area contributed by atoms with E-state index in [1.807, 2.05) is 36.5 Å². The Kier molecular flexibility index (Phi) is 5.42. The van der Waals surface area contributed by atoms with Gasteiger partial charge in [0.05, 0.1) is 25.1 Å². The van der Waals surface area contributed by atoms with Gasteiger partial charge < -0.3 is 14.1 Å². The third-order valence-electron chi connectivity index (χ3n) is 7.20. The maximum Gasteiger partial charge on any atom is 0.198 e. The first-order valence-corrected chi connectivity index (χ1v) is 12.2. The first-order chi connectivity index (χ1) is 16.6. The van der Waals surface area contributed by atoms with Crippen molar-refractivity contribution < 1.29 is 9.15 Å². The summed E-state index contributed by atoms with van der Waals surface area (Å²) in [5, 5.41) is 0. The number of oxazole rings is 1. The van der Waals surface area contributed by atoms with Crippen molar-refractivity contribution in [2.75, 3.05) is 37.7 Å². The highest BCUT2D eigenvalue weighted by Crippen LogP contribution is 2.29. The predicted octanol–water partition coefficient (Wildman–Crippen LogP) is 4.26. The summed E-state index contributed by atoms with van der Waals surface area (Å²) in [6, 6.07) is 11.0. The number of ether oxygens (including phenoxy) is 1. The summed E-state index contributed by atoms with van der Waals surface area (Å²) in [4.78, 5) is 23.9. The van der Waals surface area contributed by atoms with E-state index in [4.69, 9.17) is 24.1 Å². The van der Waals surface area contributed by atoms with E-state index in [1.54, 1.807) is 0 Å². The first kappa shape index (κ1) is 21.4. The highest BCUT2D eigenvalue weighted by Gasteiger charge is 2.36. The number of pyridine rings is 1. The number of morpholine rings is 1. The minimum atomic E-state index is 0.302. The predicted molar refractivity (Wildman–Crippen MR) is 132 cm³/mol. The number of fused-ring (bicyclic) bond motifs is 2. The Labute approximate surface area is 199 Å². The van der Waals surface area contributed by atoms with Crippen LogP contribution in [-0.2, 0) is 4.74 Å². The smallest absolute Gasteiger partial charge is 0.198 e. The third kappa shape index (κ3) is 3.80. The van der Waals surface area contributed by atoms with Crippen LogP contribution in [0.1, 0.15) is 39.0 Å². The van der Waals surface area contributed by atoms with Crippen LogP contribution in [0.5, 0.6) is 0 Å². The lowest BCUT2D eigenvalue weighted by atomic mass is 10.0. The van der Waals surface area contributed by atoms with E-state index in [9.17, 15) is 0 Å². The molecule has 5 heterocycles. The van der Waals surface area contributed by atoms with Gasteiger partial charge in [0.25, 0.3) is 0 Å². The second-order valence-corrected chi connectivity index (χ2v) is 9.53. The molecule has 2 unspecified atom stereocenters. The molecule has 2 aliphatic rings. The standard InChI is InChI=1S/C26H30N6O2/c1-4-16(2)26-29-22-11-18(5-8-23(22)34-26)20-6-7-21-25(28-20)30-24(12-27-21)31-13-19(14-31)32-9-10-33-15-17(32)3/h5-8,11-12,16-17,19H,4,9-10,13-15H2,1-3H3. The lowest BCUT2D eigenvalue weighted by Crippen LogP contribution is -2.64. The Hall–Kier alpha value is -3.10. The second kappa shape index (κ2) is 8.60. The minimum absolute atomic E-state index is 0.302. The van der Waals surface area contributed by atoms with Crippen molar-refractivity contribution >= 4 is 28.1 Å². The Bertz CT molecular complexity index is 1330. The van der Waals surface area contributed by atoms with E-state index in [0.717, 1.165) is 78.9 Å². The van der Waals surface area contributed by atoms with Gasteiger partial charge in [-0.3, -0.25) is 4.90 Å². The molecule has 0 radical (unpaired) electrons. The lowest BCUT2D eigenvalue weighted by Gasteiger charge is -2.49. The molecule has 2 aliphatic heterocycles. The molecule has 1 aromatic carbocycles. The highest BCUT2D eigenvalue weighted by atomic mass is 16.5. The molecule has 0 amide bonds. The molecule has 4 aromatic rings. The number of aromatic nitrogens is 4. The fourth-order valence-electron chi connectivity index (χ4n) is 4.83. The summed E-state index contributed by atoms with van der Waals surface area (Å²) in [5.74, 6) is 1.98. The van der Waals surface area contributed by atoms with E-state index in [1.165, 1.54) is 0 Å². The summed E-state index contributed by atoms with van der Waals surface area (Å²) in [6.07, 6.45) is 2.86. The van der Waals surface area contributed by atoms with E-state index in [-0.39, 0.29) is 0 Å². The lowest BCUT2D eigenvalue weighted by molar-refractivity contribution is -0.0275. The van der Waals surface area contributed by atoms with Crippen molar-refractivity contribution in [2.24, 2.45) is 0 Å². The topological polar surface area (TPSA) is 80.4 Å². The Morgan fingerprint density at radius 1 is 1.09 bits per heavy atom. The van der Waals surface area contributed by atoms with E-state index >= 15 is 0 Å². The highest BCUT2D eigenvalue weighted by molar-refractivity contribution is 5.82. The van der Waals surface area contributed by atoms with Gasteiger partial charge >= 0.3 is 0 Å². The maximum atomic E-state index is 5.93. The summed E-state index contributed by atoms with van der Waals surface area (Å²) in [7, 11) is 0. The molecule has 176 valence electrons. The van der Waals surface area contributed by atoms with Gasteiger partial charge in [-0.1, -0.05) is 13.8 Å². The molecule has 2 saturated heterocycles. The van der Waals surface area contributed by atoms with Crippen LogP contribution in [0.2, 0.25) is 0 Å². The zero-order valence-corrected chi connectivity index (χ0v) is 19.9. The van der Waals surface area contributed by atoms with Gasteiger partial charge in [-0.15, -0.1) is 0 Å². The van der Waals surface area contributed by atoms with Gasteiger partial charge in [0, 0.05) is 43.2 Å². The zero-order chi connectivity index (χ0) is 23.2. The van der Waals surface area contributed by atoms with E-state index in [0.29, 0.717) is 23.6 Å². The molecule has 8 nitrogen and oxygen atoms in total. The number of rotatable bonds is 5. The molecule has 2 fully saturated rings. The maximum absolute atomic E-state index is 5.93. The van der Waals surface area contributed by atoms with E-state index in [2.05, 4.69) is 35.6 Å². The minimum Gasteiger partial charge on any atom is -0.440 e. The monoisotopic (exact) mass is 458 g/mol. The van der Waals surface area contributed by atoms with Gasteiger partial charge in [0.1, 0.15) is 16.9 Å². The van der Waals surface area contributed by atoms with Crippen molar-refractivity contribution in [3.8, 4) is 11.3 Å². The van der Waals surface area contributed by atoms with Crippen LogP contribution in [0.4, 0.5) is 5.82 Å². The third-order valence-corrected chi connectivity index (χ3v) is 7.20. The average Bonchev–Trinajstić information content (AvgIpc) is 3.27. The molecular formula is C26H30N6O2. The summed E-state index contributed by atoms with van der Waals surface area (Å²) >= 11 is 0. The summed E-state index contributed by atoms with van der Waals surface area (Å²) in [6.45, 7) is 11.1. The molecule has 0 spiro atoms. The van der Waals surface area contributed by atoms with E-state index < -0.39 is 0 Å². The molecule has 3 aromatic heterocycles. The first-order valence-electron chi connectivity index (χ1n) is 12.2. The Morgan fingerprint density at radius 3 is 2.79 bits per heavy atom. The number of hydrogen-bond donors (Lipinski definition) is 0. The fraction of sp³-hybridized carbons (Fsp3) is 0.462. The second-order valence-electron chi connectivity index (χ2n) is 9.53. The number of nitrogens with zero attached hydrogens (tertiary/aromatic N) is 6. The average molecular weight is 459 g/mol. The molecule has 6 rings (SSSR count). The Balaban J connectivity index is 1.24. The molecule has 2 atom stereocenters. The van der Waals surface area contributed by atoms with Crippen molar-refractivity contribution in [3.05, 3.63) is 42.4 Å². The van der Waals surface area contributed by atoms with Crippen molar-refractivity contribution in [1.29, 1.82) is 0 Å². The van der Waals surface area contributed by atoms with Crippen LogP contribution < -0.4 is 4.90 Å². The summed E-state index contributed by atoms with van der Waals surface area (Å²) in [5.41, 5.74) is 4.99. The van der Waals surface area contributed by atoms with Crippen molar-refractivity contribution in [1.82, 2.24) is 24.8 Å².